The molecule has 6 heteroatoms. The topological polar surface area (TPSA) is 74.2 Å². The van der Waals surface area contributed by atoms with E-state index in [2.05, 4.69) is 27.6 Å². The molecule has 0 spiro atoms. The van der Waals surface area contributed by atoms with Crippen molar-refractivity contribution in [3.8, 4) is 5.75 Å². The lowest BCUT2D eigenvalue weighted by Gasteiger charge is -2.34. The highest BCUT2D eigenvalue weighted by Gasteiger charge is 2.25. The van der Waals surface area contributed by atoms with Crippen LogP contribution in [0.25, 0.3) is 0 Å². The summed E-state index contributed by atoms with van der Waals surface area (Å²) in [6.07, 6.45) is 0. The number of phenols is 1. The molecule has 1 atom stereocenters. The van der Waals surface area contributed by atoms with Crippen LogP contribution in [0.1, 0.15) is 28.9 Å². The summed E-state index contributed by atoms with van der Waals surface area (Å²) in [6.45, 7) is 4.94. The Kier molecular flexibility index (Phi) is 5.99. The summed E-state index contributed by atoms with van der Waals surface area (Å²) < 4.78 is 5.46. The zero-order chi connectivity index (χ0) is 18.4. The van der Waals surface area contributed by atoms with Crippen LogP contribution in [0, 0.1) is 0 Å². The fourth-order valence-electron chi connectivity index (χ4n) is 3.06. The minimum absolute atomic E-state index is 0.0137. The first-order valence-electron chi connectivity index (χ1n) is 8.65. The third kappa shape index (κ3) is 4.47. The van der Waals surface area contributed by atoms with Crippen LogP contribution in [0.4, 0.5) is 0 Å². The number of nitrogens with zero attached hydrogens (tertiary/aromatic N) is 2. The lowest BCUT2D eigenvalue weighted by molar-refractivity contribution is 0.0285. The molecule has 26 heavy (non-hydrogen) atoms. The highest BCUT2D eigenvalue weighted by atomic mass is 16.5. The predicted molar refractivity (Wildman–Crippen MR) is 100 cm³/mol. The van der Waals surface area contributed by atoms with Crippen molar-refractivity contribution in [1.29, 1.82) is 0 Å². The Morgan fingerprint density at radius 2 is 1.77 bits per heavy atom. The second-order valence-corrected chi connectivity index (χ2v) is 6.20. The summed E-state index contributed by atoms with van der Waals surface area (Å²) in [4.78, 5) is 14.6. The molecule has 6 nitrogen and oxygen atoms in total. The Hall–Kier alpha value is -2.70. The van der Waals surface area contributed by atoms with E-state index in [0.717, 1.165) is 24.4 Å². The van der Waals surface area contributed by atoms with Crippen LogP contribution >= 0.6 is 0 Å². The number of benzene rings is 2. The second kappa shape index (κ2) is 8.60. The van der Waals surface area contributed by atoms with Gasteiger partial charge in [0.1, 0.15) is 5.75 Å². The number of aromatic hydroxyl groups is 1. The van der Waals surface area contributed by atoms with E-state index >= 15 is 0 Å². The van der Waals surface area contributed by atoms with Crippen LogP contribution in [-0.2, 0) is 4.74 Å². The Bertz CT molecular complexity index is 754. The zero-order valence-corrected chi connectivity index (χ0v) is 14.8. The molecule has 1 amide bonds. The lowest BCUT2D eigenvalue weighted by Crippen LogP contribution is -2.42. The summed E-state index contributed by atoms with van der Waals surface area (Å²) in [5.74, 6) is -0.184. The van der Waals surface area contributed by atoms with Crippen molar-refractivity contribution in [2.24, 2.45) is 5.10 Å². The normalized spacial score (nSPS) is 16.9. The van der Waals surface area contributed by atoms with E-state index in [4.69, 9.17) is 4.74 Å². The van der Waals surface area contributed by atoms with Gasteiger partial charge in [-0.15, -0.1) is 0 Å². The number of hydrogen-bond donors (Lipinski definition) is 2. The third-order valence-corrected chi connectivity index (χ3v) is 4.39. The predicted octanol–water partition coefficient (Wildman–Crippen LogP) is 2.57. The maximum Gasteiger partial charge on any atom is 0.271 e. The van der Waals surface area contributed by atoms with Crippen LogP contribution in [0.5, 0.6) is 5.75 Å². The van der Waals surface area contributed by atoms with E-state index in [-0.39, 0.29) is 17.7 Å². The molecule has 1 fully saturated rings. The molecule has 1 saturated heterocycles. The van der Waals surface area contributed by atoms with Crippen LogP contribution in [0.15, 0.2) is 59.7 Å². The molecule has 0 saturated carbocycles. The van der Waals surface area contributed by atoms with Gasteiger partial charge in [0.2, 0.25) is 0 Å². The Balaban J connectivity index is 1.77. The van der Waals surface area contributed by atoms with Crippen molar-refractivity contribution in [3.05, 3.63) is 65.7 Å². The molecular weight excluding hydrogens is 330 g/mol. The number of ether oxygens (including phenoxy) is 1. The molecule has 0 unspecified atom stereocenters. The van der Waals surface area contributed by atoms with Gasteiger partial charge in [-0.1, -0.05) is 30.3 Å². The van der Waals surface area contributed by atoms with Crippen LogP contribution in [-0.4, -0.2) is 47.9 Å². The van der Waals surface area contributed by atoms with Crippen molar-refractivity contribution < 1.29 is 14.6 Å². The quantitative estimate of drug-likeness (QED) is 0.640. The first-order chi connectivity index (χ1) is 12.6. The molecule has 0 bridgehead atoms. The second-order valence-electron chi connectivity index (χ2n) is 6.20. The SMILES string of the molecule is C/C(=N/NC(=O)c1ccc(O)cc1)[C@H](c1ccccc1)N1CCOCC1. The molecule has 0 radical (unpaired) electrons. The third-order valence-electron chi connectivity index (χ3n) is 4.39. The van der Waals surface area contributed by atoms with Crippen molar-refractivity contribution in [2.45, 2.75) is 13.0 Å². The highest BCUT2D eigenvalue weighted by molar-refractivity contribution is 5.96. The molecule has 0 aliphatic carbocycles. The standard InChI is InChI=1S/C20H23N3O3/c1-15(21-22-20(25)17-7-9-18(24)10-8-17)19(16-5-3-2-4-6-16)23-11-13-26-14-12-23/h2-10,19,24H,11-14H2,1H3,(H,22,25)/b21-15-/t19-/m1/s1. The minimum Gasteiger partial charge on any atom is -0.508 e. The Morgan fingerprint density at radius 3 is 2.42 bits per heavy atom. The van der Waals surface area contributed by atoms with Crippen LogP contribution in [0.2, 0.25) is 0 Å². The number of carbonyl (C=O) groups is 1. The Labute approximate surface area is 153 Å². The fraction of sp³-hybridized carbons (Fsp3) is 0.300. The van der Waals surface area contributed by atoms with Crippen LogP contribution < -0.4 is 5.43 Å². The average molecular weight is 353 g/mol. The van der Waals surface area contributed by atoms with E-state index in [1.54, 1.807) is 12.1 Å². The first-order valence-corrected chi connectivity index (χ1v) is 8.65. The number of nitrogens with one attached hydrogen (secondary N) is 1. The number of hydrazone groups is 1. The number of rotatable bonds is 5. The lowest BCUT2D eigenvalue weighted by atomic mass is 10.0. The molecule has 136 valence electrons. The molecule has 2 aromatic rings. The molecule has 2 N–H and O–H groups in total. The molecule has 1 heterocycles. The number of phenolic OH excluding ortho intramolecular Hbond substituents is 1. The summed E-state index contributed by atoms with van der Waals surface area (Å²) in [7, 11) is 0. The highest BCUT2D eigenvalue weighted by Crippen LogP contribution is 2.23. The summed E-state index contributed by atoms with van der Waals surface area (Å²) >= 11 is 0. The van der Waals surface area contributed by atoms with E-state index in [1.165, 1.54) is 12.1 Å². The van der Waals surface area contributed by atoms with Gasteiger partial charge in [-0.25, -0.2) is 5.43 Å². The van der Waals surface area contributed by atoms with Gasteiger partial charge in [0.15, 0.2) is 0 Å². The van der Waals surface area contributed by atoms with E-state index < -0.39 is 0 Å². The molecular formula is C20H23N3O3. The molecule has 0 aromatic heterocycles. The van der Waals surface area contributed by atoms with Crippen molar-refractivity contribution >= 4 is 11.6 Å². The van der Waals surface area contributed by atoms with Crippen LogP contribution in [0.3, 0.4) is 0 Å². The van der Waals surface area contributed by atoms with Gasteiger partial charge < -0.3 is 9.84 Å². The van der Waals surface area contributed by atoms with Crippen molar-refractivity contribution in [2.75, 3.05) is 26.3 Å². The van der Waals surface area contributed by atoms with E-state index in [1.807, 2.05) is 25.1 Å². The largest absolute Gasteiger partial charge is 0.508 e. The van der Waals surface area contributed by atoms with Gasteiger partial charge in [0.05, 0.1) is 25.0 Å². The van der Waals surface area contributed by atoms with Crippen molar-refractivity contribution in [3.63, 3.8) is 0 Å². The van der Waals surface area contributed by atoms with E-state index in [9.17, 15) is 9.90 Å². The molecule has 1 aliphatic rings. The average Bonchev–Trinajstić information content (AvgIpc) is 2.68. The van der Waals surface area contributed by atoms with E-state index in [0.29, 0.717) is 18.8 Å². The fourth-order valence-corrected chi connectivity index (χ4v) is 3.06. The maximum absolute atomic E-state index is 12.3. The number of amides is 1. The van der Waals surface area contributed by atoms with Gasteiger partial charge in [-0.05, 0) is 36.8 Å². The molecule has 2 aromatic carbocycles. The number of morpholine rings is 1. The molecule has 3 rings (SSSR count). The van der Waals surface area contributed by atoms with Gasteiger partial charge in [0.25, 0.3) is 5.91 Å². The Morgan fingerprint density at radius 1 is 1.12 bits per heavy atom. The smallest absolute Gasteiger partial charge is 0.271 e. The minimum atomic E-state index is -0.307. The van der Waals surface area contributed by atoms with Crippen molar-refractivity contribution in [1.82, 2.24) is 10.3 Å². The van der Waals surface area contributed by atoms with Gasteiger partial charge in [0, 0.05) is 18.7 Å². The summed E-state index contributed by atoms with van der Waals surface area (Å²) in [5.41, 5.74) is 5.01. The van der Waals surface area contributed by atoms with Gasteiger partial charge >= 0.3 is 0 Å². The monoisotopic (exact) mass is 353 g/mol. The number of hydrogen-bond acceptors (Lipinski definition) is 5. The molecule has 1 aliphatic heterocycles. The summed E-state index contributed by atoms with van der Waals surface area (Å²) in [5, 5.41) is 13.7. The summed E-state index contributed by atoms with van der Waals surface area (Å²) in [6, 6.07) is 16.2. The first kappa shape index (κ1) is 18.1. The maximum atomic E-state index is 12.3. The van der Waals surface area contributed by atoms with Gasteiger partial charge in [-0.3, -0.25) is 9.69 Å². The zero-order valence-electron chi connectivity index (χ0n) is 14.8. The van der Waals surface area contributed by atoms with Gasteiger partial charge in [-0.2, -0.15) is 5.10 Å². The number of carbonyl (C=O) groups excluding carboxylic acids is 1.